The number of rotatable bonds is 8. The summed E-state index contributed by atoms with van der Waals surface area (Å²) in [5.74, 6) is 0. The molecule has 1 aromatic rings. The van der Waals surface area contributed by atoms with Gasteiger partial charge in [-0.3, -0.25) is 4.68 Å². The Morgan fingerprint density at radius 1 is 1.33 bits per heavy atom. The standard InChI is InChI=1S/C14H26BrN3/c1-5-8-9-11(4)16-10-13-14(15)12(6-2)17-18(13)7-3/h11,16H,5-10H2,1-4H3. The molecule has 18 heavy (non-hydrogen) atoms. The lowest BCUT2D eigenvalue weighted by Gasteiger charge is -2.14. The fourth-order valence-corrected chi connectivity index (χ4v) is 2.77. The van der Waals surface area contributed by atoms with Crippen LogP contribution in [0.4, 0.5) is 0 Å². The fourth-order valence-electron chi connectivity index (χ4n) is 2.07. The normalized spacial score (nSPS) is 12.9. The molecule has 0 spiro atoms. The molecule has 104 valence electrons. The number of hydrogen-bond donors (Lipinski definition) is 1. The van der Waals surface area contributed by atoms with Crippen LogP contribution in [-0.4, -0.2) is 15.8 Å². The second-order valence-corrected chi connectivity index (χ2v) is 5.59. The summed E-state index contributed by atoms with van der Waals surface area (Å²) < 4.78 is 3.28. The predicted molar refractivity (Wildman–Crippen MR) is 80.8 cm³/mol. The molecule has 0 radical (unpaired) electrons. The molecule has 1 rings (SSSR count). The van der Waals surface area contributed by atoms with Gasteiger partial charge in [-0.25, -0.2) is 0 Å². The van der Waals surface area contributed by atoms with Crippen molar-refractivity contribution in [3.05, 3.63) is 15.9 Å². The van der Waals surface area contributed by atoms with Crippen LogP contribution in [0.5, 0.6) is 0 Å². The minimum Gasteiger partial charge on any atom is -0.309 e. The van der Waals surface area contributed by atoms with Gasteiger partial charge in [-0.1, -0.05) is 26.7 Å². The molecule has 0 saturated heterocycles. The number of unbranched alkanes of at least 4 members (excludes halogenated alkanes) is 1. The van der Waals surface area contributed by atoms with Crippen LogP contribution in [0.1, 0.15) is 58.3 Å². The maximum absolute atomic E-state index is 4.62. The van der Waals surface area contributed by atoms with Gasteiger partial charge in [0.15, 0.2) is 0 Å². The zero-order chi connectivity index (χ0) is 13.5. The largest absolute Gasteiger partial charge is 0.309 e. The van der Waals surface area contributed by atoms with Gasteiger partial charge in [0.1, 0.15) is 0 Å². The Balaban J connectivity index is 2.63. The molecule has 3 nitrogen and oxygen atoms in total. The van der Waals surface area contributed by atoms with E-state index in [0.717, 1.165) is 25.2 Å². The van der Waals surface area contributed by atoms with Crippen LogP contribution in [0, 0.1) is 0 Å². The van der Waals surface area contributed by atoms with Gasteiger partial charge in [0.05, 0.1) is 15.9 Å². The first-order valence-electron chi connectivity index (χ1n) is 7.11. The van der Waals surface area contributed by atoms with Gasteiger partial charge in [-0.15, -0.1) is 0 Å². The minimum atomic E-state index is 0.571. The van der Waals surface area contributed by atoms with E-state index in [1.165, 1.54) is 29.4 Å². The summed E-state index contributed by atoms with van der Waals surface area (Å²) in [6.45, 7) is 10.6. The van der Waals surface area contributed by atoms with Crippen molar-refractivity contribution in [2.24, 2.45) is 0 Å². The Morgan fingerprint density at radius 3 is 2.61 bits per heavy atom. The molecule has 1 unspecified atom stereocenters. The Kier molecular flexibility index (Phi) is 6.94. The number of nitrogens with one attached hydrogen (secondary N) is 1. The van der Waals surface area contributed by atoms with E-state index in [-0.39, 0.29) is 0 Å². The lowest BCUT2D eigenvalue weighted by atomic mass is 10.1. The Morgan fingerprint density at radius 2 is 2.06 bits per heavy atom. The van der Waals surface area contributed by atoms with Crippen molar-refractivity contribution in [1.29, 1.82) is 0 Å². The van der Waals surface area contributed by atoms with E-state index in [9.17, 15) is 0 Å². The Labute approximate surface area is 119 Å². The molecule has 0 aliphatic rings. The molecule has 0 aliphatic carbocycles. The van der Waals surface area contributed by atoms with Gasteiger partial charge >= 0.3 is 0 Å². The summed E-state index contributed by atoms with van der Waals surface area (Å²) >= 11 is 3.68. The highest BCUT2D eigenvalue weighted by Gasteiger charge is 2.14. The van der Waals surface area contributed by atoms with Crippen LogP contribution in [0.25, 0.3) is 0 Å². The predicted octanol–water partition coefficient (Wildman–Crippen LogP) is 3.90. The van der Waals surface area contributed by atoms with E-state index in [0.29, 0.717) is 6.04 Å². The van der Waals surface area contributed by atoms with Gasteiger partial charge in [-0.05, 0) is 42.6 Å². The average molecular weight is 316 g/mol. The topological polar surface area (TPSA) is 29.9 Å². The summed E-state index contributed by atoms with van der Waals surface area (Å²) in [6, 6.07) is 0.571. The Bertz CT molecular complexity index is 360. The summed E-state index contributed by atoms with van der Waals surface area (Å²) in [7, 11) is 0. The van der Waals surface area contributed by atoms with Crippen molar-refractivity contribution in [3.63, 3.8) is 0 Å². The smallest absolute Gasteiger partial charge is 0.0767 e. The van der Waals surface area contributed by atoms with Crippen LogP contribution >= 0.6 is 15.9 Å². The molecule has 4 heteroatoms. The van der Waals surface area contributed by atoms with E-state index < -0.39 is 0 Å². The van der Waals surface area contributed by atoms with Crippen molar-refractivity contribution in [3.8, 4) is 0 Å². The highest BCUT2D eigenvalue weighted by atomic mass is 79.9. The third-order valence-corrected chi connectivity index (χ3v) is 4.22. The number of hydrogen-bond acceptors (Lipinski definition) is 2. The van der Waals surface area contributed by atoms with Crippen LogP contribution in [0.15, 0.2) is 4.47 Å². The molecule has 1 atom stereocenters. The van der Waals surface area contributed by atoms with Crippen molar-refractivity contribution < 1.29 is 0 Å². The SMILES string of the molecule is CCCCC(C)NCc1c(Br)c(CC)nn1CC. The highest BCUT2D eigenvalue weighted by molar-refractivity contribution is 9.10. The van der Waals surface area contributed by atoms with Crippen LogP contribution in [0.2, 0.25) is 0 Å². The van der Waals surface area contributed by atoms with Gasteiger partial charge in [0.25, 0.3) is 0 Å². The monoisotopic (exact) mass is 315 g/mol. The average Bonchev–Trinajstić information content (AvgIpc) is 2.69. The molecular weight excluding hydrogens is 290 g/mol. The van der Waals surface area contributed by atoms with Crippen molar-refractivity contribution in [2.75, 3.05) is 0 Å². The quantitative estimate of drug-likeness (QED) is 0.788. The van der Waals surface area contributed by atoms with Crippen LogP contribution < -0.4 is 5.32 Å². The second kappa shape index (κ2) is 7.95. The third-order valence-electron chi connectivity index (χ3n) is 3.30. The second-order valence-electron chi connectivity index (χ2n) is 4.80. The first kappa shape index (κ1) is 15.7. The summed E-state index contributed by atoms with van der Waals surface area (Å²) in [5.41, 5.74) is 2.44. The number of aromatic nitrogens is 2. The molecule has 0 aliphatic heterocycles. The fraction of sp³-hybridized carbons (Fsp3) is 0.786. The third kappa shape index (κ3) is 4.09. The molecule has 0 saturated carbocycles. The van der Waals surface area contributed by atoms with E-state index in [1.54, 1.807) is 0 Å². The van der Waals surface area contributed by atoms with Crippen molar-refractivity contribution in [2.45, 2.75) is 72.5 Å². The maximum atomic E-state index is 4.62. The van der Waals surface area contributed by atoms with Crippen molar-refractivity contribution >= 4 is 15.9 Å². The highest BCUT2D eigenvalue weighted by Crippen LogP contribution is 2.22. The summed E-state index contributed by atoms with van der Waals surface area (Å²) in [5, 5.41) is 8.21. The molecule has 1 aromatic heterocycles. The number of nitrogens with zero attached hydrogens (tertiary/aromatic N) is 2. The molecule has 0 bridgehead atoms. The number of halogens is 1. The maximum Gasteiger partial charge on any atom is 0.0767 e. The van der Waals surface area contributed by atoms with Gasteiger partial charge in [-0.2, -0.15) is 5.10 Å². The van der Waals surface area contributed by atoms with E-state index in [2.05, 4.69) is 58.7 Å². The summed E-state index contributed by atoms with van der Waals surface area (Å²) in [4.78, 5) is 0. The van der Waals surface area contributed by atoms with Gasteiger partial charge < -0.3 is 5.32 Å². The lowest BCUT2D eigenvalue weighted by Crippen LogP contribution is -2.26. The van der Waals surface area contributed by atoms with Crippen LogP contribution in [0.3, 0.4) is 0 Å². The lowest BCUT2D eigenvalue weighted by molar-refractivity contribution is 0.477. The first-order chi connectivity index (χ1) is 8.63. The molecule has 0 fully saturated rings. The summed E-state index contributed by atoms with van der Waals surface area (Å²) in [6.07, 6.45) is 4.78. The van der Waals surface area contributed by atoms with Crippen LogP contribution in [-0.2, 0) is 19.5 Å². The molecule has 1 N–H and O–H groups in total. The molecule has 0 aromatic carbocycles. The first-order valence-corrected chi connectivity index (χ1v) is 7.90. The molecular formula is C14H26BrN3. The minimum absolute atomic E-state index is 0.571. The van der Waals surface area contributed by atoms with Crippen molar-refractivity contribution in [1.82, 2.24) is 15.1 Å². The van der Waals surface area contributed by atoms with E-state index >= 15 is 0 Å². The molecule has 1 heterocycles. The van der Waals surface area contributed by atoms with E-state index in [1.807, 2.05) is 0 Å². The number of aryl methyl sites for hydroxylation is 2. The zero-order valence-electron chi connectivity index (χ0n) is 12.1. The van der Waals surface area contributed by atoms with Gasteiger partial charge in [0, 0.05) is 19.1 Å². The van der Waals surface area contributed by atoms with E-state index in [4.69, 9.17) is 0 Å². The van der Waals surface area contributed by atoms with Gasteiger partial charge in [0.2, 0.25) is 0 Å². The molecule has 0 amide bonds. The zero-order valence-corrected chi connectivity index (χ0v) is 13.7. The Hall–Kier alpha value is -0.350.